The molecule has 0 saturated heterocycles. The van der Waals surface area contributed by atoms with Crippen LogP contribution in [0.2, 0.25) is 0 Å². The third-order valence-corrected chi connectivity index (χ3v) is 3.34. The Morgan fingerprint density at radius 1 is 1.15 bits per heavy atom. The summed E-state index contributed by atoms with van der Waals surface area (Å²) >= 11 is 0. The van der Waals surface area contributed by atoms with Gasteiger partial charge in [0.1, 0.15) is 0 Å². The van der Waals surface area contributed by atoms with E-state index >= 15 is 0 Å². The molecule has 0 aliphatic rings. The lowest BCUT2D eigenvalue weighted by Crippen LogP contribution is -1.90. The maximum absolute atomic E-state index is 11.0. The third kappa shape index (κ3) is 1.91. The van der Waals surface area contributed by atoms with E-state index in [0.29, 0.717) is 12.0 Å². The molecule has 20 heavy (non-hydrogen) atoms. The first-order valence-corrected chi connectivity index (χ1v) is 6.16. The van der Waals surface area contributed by atoms with Gasteiger partial charge in [0.25, 0.3) is 0 Å². The predicted octanol–water partition coefficient (Wildman–Crippen LogP) is 3.36. The Morgan fingerprint density at radius 3 is 2.75 bits per heavy atom. The number of aromatic nitrogens is 1. The number of methoxy groups -OCH3 is 1. The van der Waals surface area contributed by atoms with E-state index in [9.17, 15) is 9.90 Å². The second-order valence-electron chi connectivity index (χ2n) is 4.51. The number of aromatic amines is 1. The van der Waals surface area contributed by atoms with Crippen LogP contribution in [-0.2, 0) is 0 Å². The fraction of sp³-hybridized carbons (Fsp3) is 0.0625. The second kappa shape index (κ2) is 4.74. The molecule has 0 radical (unpaired) electrons. The fourth-order valence-electron chi connectivity index (χ4n) is 2.27. The molecule has 0 bridgehead atoms. The first-order chi connectivity index (χ1) is 9.72. The molecule has 0 fully saturated rings. The van der Waals surface area contributed by atoms with Gasteiger partial charge in [0.2, 0.25) is 0 Å². The summed E-state index contributed by atoms with van der Waals surface area (Å²) in [7, 11) is 1.46. The van der Waals surface area contributed by atoms with Crippen molar-refractivity contribution in [3.05, 3.63) is 48.2 Å². The van der Waals surface area contributed by atoms with E-state index in [0.717, 1.165) is 22.0 Å². The van der Waals surface area contributed by atoms with Gasteiger partial charge in [-0.2, -0.15) is 0 Å². The Bertz CT molecular complexity index is 790. The topological polar surface area (TPSA) is 62.3 Å². The highest BCUT2D eigenvalue weighted by atomic mass is 16.5. The summed E-state index contributed by atoms with van der Waals surface area (Å²) in [6.45, 7) is 0. The summed E-state index contributed by atoms with van der Waals surface area (Å²) in [6, 6.07) is 11.3. The smallest absolute Gasteiger partial charge is 0.168 e. The lowest BCUT2D eigenvalue weighted by Gasteiger charge is -2.09. The summed E-state index contributed by atoms with van der Waals surface area (Å²) in [5.41, 5.74) is 3.05. The molecule has 100 valence electrons. The van der Waals surface area contributed by atoms with Gasteiger partial charge in [-0.3, -0.25) is 4.79 Å². The molecule has 4 heteroatoms. The average Bonchev–Trinajstić information content (AvgIpc) is 2.95. The van der Waals surface area contributed by atoms with E-state index in [1.807, 2.05) is 30.5 Å². The number of carbonyl (C=O) groups is 1. The van der Waals surface area contributed by atoms with E-state index in [2.05, 4.69) is 4.98 Å². The monoisotopic (exact) mass is 267 g/mol. The van der Waals surface area contributed by atoms with Crippen molar-refractivity contribution in [2.45, 2.75) is 0 Å². The number of nitrogens with one attached hydrogen (secondary N) is 1. The maximum Gasteiger partial charge on any atom is 0.168 e. The van der Waals surface area contributed by atoms with Gasteiger partial charge in [0.15, 0.2) is 17.8 Å². The molecule has 4 nitrogen and oxygen atoms in total. The van der Waals surface area contributed by atoms with Crippen molar-refractivity contribution in [2.75, 3.05) is 7.11 Å². The number of benzene rings is 2. The van der Waals surface area contributed by atoms with Crippen LogP contribution in [0.1, 0.15) is 10.4 Å². The number of aromatic hydroxyl groups is 1. The molecule has 0 spiro atoms. The average molecular weight is 267 g/mol. The van der Waals surface area contributed by atoms with Crippen molar-refractivity contribution in [3.63, 3.8) is 0 Å². The molecule has 3 aromatic rings. The Balaban J connectivity index is 2.19. The molecule has 2 N–H and O–H groups in total. The molecular formula is C16H13NO3. The van der Waals surface area contributed by atoms with Crippen LogP contribution in [0.15, 0.2) is 42.6 Å². The van der Waals surface area contributed by atoms with Crippen molar-refractivity contribution in [3.8, 4) is 22.6 Å². The standard InChI is InChI=1S/C16H13NO3/c1-20-15-8-12(7-13(9-18)16(15)19)10-2-3-14-11(6-10)4-5-17-14/h2-9,17,19H,1H3. The van der Waals surface area contributed by atoms with Crippen LogP contribution in [0, 0.1) is 0 Å². The van der Waals surface area contributed by atoms with Crippen LogP contribution in [0.5, 0.6) is 11.5 Å². The van der Waals surface area contributed by atoms with E-state index < -0.39 is 0 Å². The van der Waals surface area contributed by atoms with Crippen molar-refractivity contribution in [1.82, 2.24) is 4.98 Å². The molecule has 0 unspecified atom stereocenters. The van der Waals surface area contributed by atoms with Gasteiger partial charge in [0, 0.05) is 11.7 Å². The summed E-state index contributed by atoms with van der Waals surface area (Å²) in [4.78, 5) is 14.2. The normalized spacial score (nSPS) is 10.7. The van der Waals surface area contributed by atoms with Gasteiger partial charge in [-0.15, -0.1) is 0 Å². The molecule has 0 amide bonds. The van der Waals surface area contributed by atoms with Crippen LogP contribution in [0.3, 0.4) is 0 Å². The van der Waals surface area contributed by atoms with Crippen LogP contribution in [0.4, 0.5) is 0 Å². The molecule has 0 aliphatic carbocycles. The maximum atomic E-state index is 11.0. The highest BCUT2D eigenvalue weighted by Crippen LogP contribution is 2.35. The SMILES string of the molecule is COc1cc(-c2ccc3[nH]ccc3c2)cc(C=O)c1O. The Morgan fingerprint density at radius 2 is 2.00 bits per heavy atom. The van der Waals surface area contributed by atoms with Crippen LogP contribution in [-0.4, -0.2) is 23.5 Å². The number of rotatable bonds is 3. The fourth-order valence-corrected chi connectivity index (χ4v) is 2.27. The molecular weight excluding hydrogens is 254 g/mol. The third-order valence-electron chi connectivity index (χ3n) is 3.34. The van der Waals surface area contributed by atoms with Gasteiger partial charge in [-0.1, -0.05) is 6.07 Å². The van der Waals surface area contributed by atoms with Gasteiger partial charge >= 0.3 is 0 Å². The Kier molecular flexibility index (Phi) is 2.91. The summed E-state index contributed by atoms with van der Waals surface area (Å²) < 4.78 is 5.11. The van der Waals surface area contributed by atoms with Gasteiger partial charge < -0.3 is 14.8 Å². The second-order valence-corrected chi connectivity index (χ2v) is 4.51. The molecule has 0 atom stereocenters. The highest BCUT2D eigenvalue weighted by Gasteiger charge is 2.11. The number of fused-ring (bicyclic) bond motifs is 1. The number of phenolic OH excluding ortho intramolecular Hbond substituents is 1. The minimum absolute atomic E-state index is 0.131. The zero-order valence-corrected chi connectivity index (χ0v) is 10.9. The molecule has 1 heterocycles. The quantitative estimate of drug-likeness (QED) is 0.715. The highest BCUT2D eigenvalue weighted by molar-refractivity contribution is 5.88. The number of hydrogen-bond donors (Lipinski definition) is 2. The van der Waals surface area contributed by atoms with Crippen molar-refractivity contribution >= 4 is 17.2 Å². The summed E-state index contributed by atoms with van der Waals surface area (Å²) in [6.07, 6.45) is 2.50. The molecule has 1 aromatic heterocycles. The van der Waals surface area contributed by atoms with Crippen LogP contribution < -0.4 is 4.74 Å². The number of hydrogen-bond acceptors (Lipinski definition) is 3. The number of phenols is 1. The number of ether oxygens (including phenoxy) is 1. The summed E-state index contributed by atoms with van der Waals surface area (Å²) in [5, 5.41) is 10.9. The minimum atomic E-state index is -0.131. The van der Waals surface area contributed by atoms with Crippen molar-refractivity contribution in [2.24, 2.45) is 0 Å². The Labute approximate surface area is 115 Å². The largest absolute Gasteiger partial charge is 0.504 e. The van der Waals surface area contributed by atoms with E-state index in [1.165, 1.54) is 7.11 Å². The summed E-state index contributed by atoms with van der Waals surface area (Å²) in [5.74, 6) is 0.160. The lowest BCUT2D eigenvalue weighted by molar-refractivity contribution is 0.112. The minimum Gasteiger partial charge on any atom is -0.504 e. The van der Waals surface area contributed by atoms with Gasteiger partial charge in [-0.25, -0.2) is 0 Å². The number of carbonyl (C=O) groups excluding carboxylic acids is 1. The Hall–Kier alpha value is -2.75. The van der Waals surface area contributed by atoms with E-state index in [1.54, 1.807) is 12.1 Å². The van der Waals surface area contributed by atoms with Crippen molar-refractivity contribution < 1.29 is 14.6 Å². The molecule has 2 aromatic carbocycles. The lowest BCUT2D eigenvalue weighted by atomic mass is 10.0. The molecule has 3 rings (SSSR count). The molecule has 0 saturated carbocycles. The zero-order valence-electron chi connectivity index (χ0n) is 10.9. The van der Waals surface area contributed by atoms with Crippen LogP contribution >= 0.6 is 0 Å². The van der Waals surface area contributed by atoms with Crippen LogP contribution in [0.25, 0.3) is 22.0 Å². The zero-order chi connectivity index (χ0) is 14.1. The first kappa shape index (κ1) is 12.3. The number of H-pyrrole nitrogens is 1. The van der Waals surface area contributed by atoms with Gasteiger partial charge in [0.05, 0.1) is 12.7 Å². The van der Waals surface area contributed by atoms with Crippen molar-refractivity contribution in [1.29, 1.82) is 0 Å². The van der Waals surface area contributed by atoms with Gasteiger partial charge in [-0.05, 0) is 46.8 Å². The molecule has 0 aliphatic heterocycles. The predicted molar refractivity (Wildman–Crippen MR) is 77.3 cm³/mol. The first-order valence-electron chi connectivity index (χ1n) is 6.16. The van der Waals surface area contributed by atoms with E-state index in [4.69, 9.17) is 4.74 Å². The van der Waals surface area contributed by atoms with E-state index in [-0.39, 0.29) is 11.3 Å². The number of aldehydes is 1.